The van der Waals surface area contributed by atoms with Crippen LogP contribution in [0.1, 0.15) is 32.1 Å². The highest BCUT2D eigenvalue weighted by atomic mass is 19.4. The van der Waals surface area contributed by atoms with Gasteiger partial charge >= 0.3 is 12.1 Å². The van der Waals surface area contributed by atoms with Crippen LogP contribution in [0, 0.1) is 5.41 Å². The summed E-state index contributed by atoms with van der Waals surface area (Å²) in [6, 6.07) is 0. The van der Waals surface area contributed by atoms with E-state index in [-0.39, 0.29) is 19.6 Å². The van der Waals surface area contributed by atoms with Crippen molar-refractivity contribution in [3.05, 3.63) is 0 Å². The van der Waals surface area contributed by atoms with Gasteiger partial charge in [-0.3, -0.25) is 9.59 Å². The van der Waals surface area contributed by atoms with Crippen molar-refractivity contribution in [2.75, 3.05) is 19.8 Å². The molecule has 0 heterocycles. The Bertz CT molecular complexity index is 351. The molecule has 0 radical (unpaired) electrons. The van der Waals surface area contributed by atoms with E-state index in [4.69, 9.17) is 0 Å². The van der Waals surface area contributed by atoms with Gasteiger partial charge in [0.2, 0.25) is 5.91 Å². The Morgan fingerprint density at radius 3 is 2.35 bits per heavy atom. The second kappa shape index (κ2) is 6.92. The molecule has 1 aliphatic rings. The summed E-state index contributed by atoms with van der Waals surface area (Å²) < 4.78 is 39.7. The lowest BCUT2D eigenvalue weighted by Gasteiger charge is -2.22. The van der Waals surface area contributed by atoms with Crippen molar-refractivity contribution in [3.8, 4) is 0 Å². The van der Waals surface area contributed by atoms with E-state index in [9.17, 15) is 27.9 Å². The van der Waals surface area contributed by atoms with Crippen LogP contribution >= 0.6 is 0 Å². The summed E-state index contributed by atoms with van der Waals surface area (Å²) in [6.45, 7) is -1.68. The summed E-state index contributed by atoms with van der Waals surface area (Å²) >= 11 is 0. The van der Waals surface area contributed by atoms with Crippen molar-refractivity contribution in [1.82, 2.24) is 5.32 Å². The minimum Gasteiger partial charge on any atom is -0.481 e. The molecule has 0 aromatic rings. The molecule has 1 fully saturated rings. The van der Waals surface area contributed by atoms with E-state index >= 15 is 0 Å². The van der Waals surface area contributed by atoms with Crippen molar-refractivity contribution in [2.24, 2.45) is 5.41 Å². The van der Waals surface area contributed by atoms with Gasteiger partial charge in [0.15, 0.2) is 0 Å². The maximum absolute atomic E-state index is 11.8. The number of hydrogen-bond donors (Lipinski definition) is 2. The number of amides is 1. The minimum atomic E-state index is -4.39. The molecule has 0 aromatic heterocycles. The van der Waals surface area contributed by atoms with Gasteiger partial charge in [-0.15, -0.1) is 0 Å². The zero-order valence-corrected chi connectivity index (χ0v) is 11.0. The summed E-state index contributed by atoms with van der Waals surface area (Å²) in [5, 5.41) is 11.6. The molecule has 1 aliphatic carbocycles. The molecule has 0 spiro atoms. The van der Waals surface area contributed by atoms with Crippen molar-refractivity contribution in [1.29, 1.82) is 0 Å². The van der Waals surface area contributed by atoms with Crippen LogP contribution in [0.5, 0.6) is 0 Å². The first-order chi connectivity index (χ1) is 9.25. The number of alkyl halides is 3. The molecular weight excluding hydrogens is 279 g/mol. The summed E-state index contributed by atoms with van der Waals surface area (Å²) in [6.07, 6.45) is -2.06. The second-order valence-electron chi connectivity index (χ2n) is 4.99. The fourth-order valence-corrected chi connectivity index (χ4v) is 2.34. The highest BCUT2D eigenvalue weighted by molar-refractivity contribution is 5.85. The van der Waals surface area contributed by atoms with Crippen LogP contribution in [0.15, 0.2) is 0 Å². The number of hydrogen-bond acceptors (Lipinski definition) is 3. The van der Waals surface area contributed by atoms with E-state index < -0.39 is 30.1 Å². The summed E-state index contributed by atoms with van der Waals surface area (Å²) in [4.78, 5) is 22.8. The molecule has 2 N–H and O–H groups in total. The highest BCUT2D eigenvalue weighted by Gasteiger charge is 2.42. The fraction of sp³-hybridized carbons (Fsp3) is 0.833. The Morgan fingerprint density at radius 2 is 1.85 bits per heavy atom. The number of ether oxygens (including phenoxy) is 1. The molecule has 0 unspecified atom stereocenters. The van der Waals surface area contributed by atoms with Crippen LogP contribution in [-0.2, 0) is 14.3 Å². The highest BCUT2D eigenvalue weighted by Crippen LogP contribution is 2.41. The van der Waals surface area contributed by atoms with E-state index in [1.807, 2.05) is 0 Å². The first kappa shape index (κ1) is 16.7. The molecule has 1 rings (SSSR count). The van der Waals surface area contributed by atoms with Gasteiger partial charge in [0.05, 0.1) is 12.0 Å². The normalized spacial score (nSPS) is 17.9. The number of aliphatic carboxylic acids is 1. The van der Waals surface area contributed by atoms with Gasteiger partial charge < -0.3 is 15.2 Å². The number of carboxylic acids is 1. The summed E-state index contributed by atoms with van der Waals surface area (Å²) in [7, 11) is 0. The van der Waals surface area contributed by atoms with Crippen LogP contribution in [0.2, 0.25) is 0 Å². The van der Waals surface area contributed by atoms with Crippen LogP contribution in [0.25, 0.3) is 0 Å². The number of carboxylic acid groups (broad SMARTS) is 1. The number of carbonyl (C=O) groups excluding carboxylic acids is 1. The third kappa shape index (κ3) is 5.36. The summed E-state index contributed by atoms with van der Waals surface area (Å²) in [5.74, 6) is -1.46. The number of rotatable bonds is 7. The monoisotopic (exact) mass is 297 g/mol. The minimum absolute atomic E-state index is 0.0649. The third-order valence-corrected chi connectivity index (χ3v) is 3.35. The predicted octanol–water partition coefficient (Wildman–Crippen LogP) is 1.72. The zero-order chi connectivity index (χ0) is 15.2. The van der Waals surface area contributed by atoms with Gasteiger partial charge in [-0.2, -0.15) is 13.2 Å². The smallest absolute Gasteiger partial charge is 0.411 e. The Morgan fingerprint density at radius 1 is 1.25 bits per heavy atom. The average Bonchev–Trinajstić information content (AvgIpc) is 2.76. The molecule has 116 valence electrons. The maximum atomic E-state index is 11.8. The first-order valence-corrected chi connectivity index (χ1v) is 6.40. The molecule has 0 saturated heterocycles. The van der Waals surface area contributed by atoms with E-state index in [0.29, 0.717) is 12.8 Å². The van der Waals surface area contributed by atoms with Gasteiger partial charge in [0.25, 0.3) is 0 Å². The fourth-order valence-electron chi connectivity index (χ4n) is 2.34. The second-order valence-corrected chi connectivity index (χ2v) is 4.99. The molecule has 5 nitrogen and oxygen atoms in total. The van der Waals surface area contributed by atoms with Gasteiger partial charge in [0, 0.05) is 13.0 Å². The number of carbonyl (C=O) groups is 2. The van der Waals surface area contributed by atoms with E-state index in [1.54, 1.807) is 0 Å². The molecule has 0 aromatic carbocycles. The third-order valence-electron chi connectivity index (χ3n) is 3.35. The topological polar surface area (TPSA) is 75.6 Å². The number of halogens is 3. The molecule has 0 aliphatic heterocycles. The van der Waals surface area contributed by atoms with Crippen molar-refractivity contribution in [2.45, 2.75) is 38.3 Å². The van der Waals surface area contributed by atoms with E-state index in [2.05, 4.69) is 10.1 Å². The molecule has 8 heteroatoms. The van der Waals surface area contributed by atoms with Crippen molar-refractivity contribution >= 4 is 11.9 Å². The van der Waals surface area contributed by atoms with Crippen molar-refractivity contribution < 1.29 is 32.6 Å². The van der Waals surface area contributed by atoms with Gasteiger partial charge in [-0.05, 0) is 12.8 Å². The summed E-state index contributed by atoms with van der Waals surface area (Å²) in [5.41, 5.74) is -1.02. The Labute approximate surface area is 114 Å². The lowest BCUT2D eigenvalue weighted by atomic mass is 9.82. The van der Waals surface area contributed by atoms with E-state index in [0.717, 1.165) is 12.8 Å². The molecule has 0 atom stereocenters. The van der Waals surface area contributed by atoms with Crippen molar-refractivity contribution in [3.63, 3.8) is 0 Å². The molecule has 1 amide bonds. The van der Waals surface area contributed by atoms with Crippen LogP contribution < -0.4 is 5.32 Å². The largest absolute Gasteiger partial charge is 0.481 e. The maximum Gasteiger partial charge on any atom is 0.411 e. The standard InChI is InChI=1S/C12H18F3NO4/c13-12(14,15)8-20-6-5-16-9(17)7-11(10(18)19)3-1-2-4-11/h1-8H2,(H,16,17)(H,18,19). The Kier molecular flexibility index (Phi) is 5.79. The zero-order valence-electron chi connectivity index (χ0n) is 11.0. The van der Waals surface area contributed by atoms with Gasteiger partial charge in [-0.25, -0.2) is 0 Å². The number of nitrogens with one attached hydrogen (secondary N) is 1. The lowest BCUT2D eigenvalue weighted by Crippen LogP contribution is -2.37. The molecule has 0 bridgehead atoms. The average molecular weight is 297 g/mol. The van der Waals surface area contributed by atoms with Crippen LogP contribution in [0.3, 0.4) is 0 Å². The molecule has 1 saturated carbocycles. The lowest BCUT2D eigenvalue weighted by molar-refractivity contribution is -0.173. The van der Waals surface area contributed by atoms with Crippen LogP contribution in [0.4, 0.5) is 13.2 Å². The first-order valence-electron chi connectivity index (χ1n) is 6.40. The Hall–Kier alpha value is -1.31. The van der Waals surface area contributed by atoms with Crippen LogP contribution in [-0.4, -0.2) is 42.9 Å². The van der Waals surface area contributed by atoms with Gasteiger partial charge in [-0.1, -0.05) is 12.8 Å². The Balaban J connectivity index is 2.24. The van der Waals surface area contributed by atoms with E-state index in [1.165, 1.54) is 0 Å². The SMILES string of the molecule is O=C(CC1(C(=O)O)CCCC1)NCCOCC(F)(F)F. The molecular formula is C12H18F3NO4. The van der Waals surface area contributed by atoms with Gasteiger partial charge in [0.1, 0.15) is 6.61 Å². The quantitative estimate of drug-likeness (QED) is 0.702. The molecule has 20 heavy (non-hydrogen) atoms. The predicted molar refractivity (Wildman–Crippen MR) is 63.0 cm³/mol.